The average Bonchev–Trinajstić information content (AvgIpc) is 2.25. The van der Waals surface area contributed by atoms with Crippen molar-refractivity contribution in [3.8, 4) is 0 Å². The van der Waals surface area contributed by atoms with Crippen LogP contribution in [0, 0.1) is 0 Å². The Kier molecular flexibility index (Phi) is 4.40. The second kappa shape index (κ2) is 5.60. The predicted octanol–water partition coefficient (Wildman–Crippen LogP) is 1.65. The van der Waals surface area contributed by atoms with E-state index in [-0.39, 0.29) is 0 Å². The minimum Gasteiger partial charge on any atom is -0.360 e. The van der Waals surface area contributed by atoms with Crippen LogP contribution in [0.2, 0.25) is 0 Å². The normalized spacial score (nSPS) is 10.2. The molecule has 0 saturated carbocycles. The molecule has 0 bridgehead atoms. The van der Waals surface area contributed by atoms with Gasteiger partial charge < -0.3 is 10.2 Å². The van der Waals surface area contributed by atoms with Crippen LogP contribution < -0.4 is 10.2 Å². The highest BCUT2D eigenvalue weighted by Crippen LogP contribution is 2.14. The molecule has 0 spiro atoms. The Hall–Kier alpha value is -1.09. The van der Waals surface area contributed by atoms with Crippen LogP contribution in [0.3, 0.4) is 0 Å². The molecular formula is C11H19N3. The zero-order chi connectivity index (χ0) is 10.4. The summed E-state index contributed by atoms with van der Waals surface area (Å²) in [6.45, 7) is 7.11. The topological polar surface area (TPSA) is 28.2 Å². The van der Waals surface area contributed by atoms with Crippen LogP contribution in [0.5, 0.6) is 0 Å². The molecule has 1 N–H and O–H groups in total. The summed E-state index contributed by atoms with van der Waals surface area (Å²) in [5, 5.41) is 3.32. The van der Waals surface area contributed by atoms with Gasteiger partial charge in [0.05, 0.1) is 0 Å². The van der Waals surface area contributed by atoms with E-state index in [4.69, 9.17) is 0 Å². The van der Waals surface area contributed by atoms with Crippen LogP contribution in [0.4, 0.5) is 5.82 Å². The lowest BCUT2D eigenvalue weighted by Crippen LogP contribution is -2.21. The Bertz CT molecular complexity index is 273. The van der Waals surface area contributed by atoms with Crippen molar-refractivity contribution in [2.75, 3.05) is 25.0 Å². The molecule has 0 radical (unpaired) electrons. The van der Waals surface area contributed by atoms with Crippen LogP contribution in [0.25, 0.3) is 0 Å². The molecule has 3 heteroatoms. The molecule has 0 unspecified atom stereocenters. The summed E-state index contributed by atoms with van der Waals surface area (Å²) in [5.74, 6) is 1.08. The van der Waals surface area contributed by atoms with E-state index in [9.17, 15) is 0 Å². The van der Waals surface area contributed by atoms with Crippen molar-refractivity contribution in [3.05, 3.63) is 23.9 Å². The van der Waals surface area contributed by atoms with Crippen LogP contribution in [-0.2, 0) is 6.54 Å². The molecule has 1 aromatic rings. The van der Waals surface area contributed by atoms with Gasteiger partial charge in [-0.1, -0.05) is 13.0 Å². The summed E-state index contributed by atoms with van der Waals surface area (Å²) in [4.78, 5) is 6.55. The van der Waals surface area contributed by atoms with Crippen molar-refractivity contribution in [2.24, 2.45) is 0 Å². The van der Waals surface area contributed by atoms with Crippen molar-refractivity contribution in [1.29, 1.82) is 0 Å². The van der Waals surface area contributed by atoms with E-state index >= 15 is 0 Å². The Morgan fingerprint density at radius 2 is 2.21 bits per heavy atom. The Morgan fingerprint density at radius 1 is 1.43 bits per heavy atom. The first kappa shape index (κ1) is 11.0. The fourth-order valence-electron chi connectivity index (χ4n) is 1.32. The number of hydrogen-bond acceptors (Lipinski definition) is 3. The van der Waals surface area contributed by atoms with E-state index in [2.05, 4.69) is 42.2 Å². The molecular weight excluding hydrogens is 174 g/mol. The van der Waals surface area contributed by atoms with Crippen LogP contribution >= 0.6 is 0 Å². The number of hydrogen-bond donors (Lipinski definition) is 1. The fourth-order valence-corrected chi connectivity index (χ4v) is 1.32. The smallest absolute Gasteiger partial charge is 0.132 e. The summed E-state index contributed by atoms with van der Waals surface area (Å²) in [6.07, 6.45) is 1.84. The molecule has 1 rings (SSSR count). The molecule has 0 aliphatic heterocycles. The van der Waals surface area contributed by atoms with Crippen molar-refractivity contribution in [2.45, 2.75) is 20.4 Å². The third kappa shape index (κ3) is 2.70. The minimum atomic E-state index is 0.893. The molecule has 0 atom stereocenters. The van der Waals surface area contributed by atoms with Crippen molar-refractivity contribution < 1.29 is 0 Å². The monoisotopic (exact) mass is 193 g/mol. The molecule has 78 valence electrons. The first-order chi connectivity index (χ1) is 6.79. The third-order valence-corrected chi connectivity index (χ3v) is 2.27. The number of aromatic nitrogens is 1. The Labute approximate surface area is 86.2 Å². The van der Waals surface area contributed by atoms with Crippen LogP contribution in [0.15, 0.2) is 18.3 Å². The fraction of sp³-hybridized carbons (Fsp3) is 0.545. The van der Waals surface area contributed by atoms with E-state index in [1.54, 1.807) is 0 Å². The molecule has 0 saturated heterocycles. The zero-order valence-corrected chi connectivity index (χ0v) is 9.25. The average molecular weight is 193 g/mol. The summed E-state index contributed by atoms with van der Waals surface area (Å²) in [5.41, 5.74) is 1.26. The number of nitrogens with one attached hydrogen (secondary N) is 1. The Balaban J connectivity index is 2.79. The lowest BCUT2D eigenvalue weighted by Gasteiger charge is -2.19. The molecule has 1 aromatic heterocycles. The lowest BCUT2D eigenvalue weighted by atomic mass is 10.2. The van der Waals surface area contributed by atoms with Gasteiger partial charge in [-0.05, 0) is 19.5 Å². The van der Waals surface area contributed by atoms with Gasteiger partial charge in [-0.15, -0.1) is 0 Å². The highest BCUT2D eigenvalue weighted by atomic mass is 15.2. The van der Waals surface area contributed by atoms with Crippen LogP contribution in [-0.4, -0.2) is 25.1 Å². The minimum absolute atomic E-state index is 0.893. The highest BCUT2D eigenvalue weighted by Gasteiger charge is 2.05. The molecule has 14 heavy (non-hydrogen) atoms. The van der Waals surface area contributed by atoms with Gasteiger partial charge in [-0.3, -0.25) is 0 Å². The second-order valence-electron chi connectivity index (χ2n) is 3.28. The number of pyridine rings is 1. The largest absolute Gasteiger partial charge is 0.360 e. The zero-order valence-electron chi connectivity index (χ0n) is 9.25. The van der Waals surface area contributed by atoms with Gasteiger partial charge in [-0.2, -0.15) is 0 Å². The molecule has 0 amide bonds. The quantitative estimate of drug-likeness (QED) is 0.770. The molecule has 0 fully saturated rings. The SMILES string of the molecule is CCNCc1cccnc1N(C)CC. The first-order valence-corrected chi connectivity index (χ1v) is 5.15. The number of nitrogens with zero attached hydrogens (tertiary/aromatic N) is 2. The van der Waals surface area contributed by atoms with Crippen molar-refractivity contribution in [3.63, 3.8) is 0 Å². The summed E-state index contributed by atoms with van der Waals surface area (Å²) < 4.78 is 0. The van der Waals surface area contributed by atoms with E-state index in [1.807, 2.05) is 12.3 Å². The van der Waals surface area contributed by atoms with Crippen molar-refractivity contribution in [1.82, 2.24) is 10.3 Å². The summed E-state index contributed by atoms with van der Waals surface area (Å²) >= 11 is 0. The first-order valence-electron chi connectivity index (χ1n) is 5.15. The summed E-state index contributed by atoms with van der Waals surface area (Å²) in [6, 6.07) is 4.11. The maximum Gasteiger partial charge on any atom is 0.132 e. The maximum absolute atomic E-state index is 4.39. The van der Waals surface area contributed by atoms with E-state index in [0.29, 0.717) is 0 Å². The van der Waals surface area contributed by atoms with Gasteiger partial charge in [-0.25, -0.2) is 4.98 Å². The van der Waals surface area contributed by atoms with E-state index < -0.39 is 0 Å². The summed E-state index contributed by atoms with van der Waals surface area (Å²) in [7, 11) is 2.07. The molecule has 3 nitrogen and oxygen atoms in total. The maximum atomic E-state index is 4.39. The van der Waals surface area contributed by atoms with Gasteiger partial charge in [0.25, 0.3) is 0 Å². The van der Waals surface area contributed by atoms with E-state index in [1.165, 1.54) is 5.56 Å². The third-order valence-electron chi connectivity index (χ3n) is 2.27. The van der Waals surface area contributed by atoms with Gasteiger partial charge >= 0.3 is 0 Å². The van der Waals surface area contributed by atoms with Crippen LogP contribution in [0.1, 0.15) is 19.4 Å². The lowest BCUT2D eigenvalue weighted by molar-refractivity contribution is 0.720. The molecule has 0 aliphatic carbocycles. The van der Waals surface area contributed by atoms with Gasteiger partial charge in [0.15, 0.2) is 0 Å². The second-order valence-corrected chi connectivity index (χ2v) is 3.28. The highest BCUT2D eigenvalue weighted by molar-refractivity contribution is 5.45. The predicted molar refractivity (Wildman–Crippen MR) is 60.6 cm³/mol. The molecule has 0 aromatic carbocycles. The van der Waals surface area contributed by atoms with E-state index in [0.717, 1.165) is 25.5 Å². The Morgan fingerprint density at radius 3 is 2.86 bits per heavy atom. The van der Waals surface area contributed by atoms with Gasteiger partial charge in [0.2, 0.25) is 0 Å². The standard InChI is InChI=1S/C11H19N3/c1-4-12-9-10-7-6-8-13-11(10)14(3)5-2/h6-8,12H,4-5,9H2,1-3H3. The van der Waals surface area contributed by atoms with Gasteiger partial charge in [0, 0.05) is 31.9 Å². The van der Waals surface area contributed by atoms with Gasteiger partial charge in [0.1, 0.15) is 5.82 Å². The van der Waals surface area contributed by atoms with Crippen molar-refractivity contribution >= 4 is 5.82 Å². The number of rotatable bonds is 5. The molecule has 0 aliphatic rings. The number of anilines is 1. The molecule has 1 heterocycles.